The highest BCUT2D eigenvalue weighted by Gasteiger charge is 2.43. The van der Waals surface area contributed by atoms with Gasteiger partial charge in [-0.05, 0) is 29.0 Å². The number of hydrogen-bond donors (Lipinski definition) is 1. The van der Waals surface area contributed by atoms with Crippen LogP contribution < -0.4 is 5.73 Å². The van der Waals surface area contributed by atoms with Gasteiger partial charge in [0.15, 0.2) is 0 Å². The summed E-state index contributed by atoms with van der Waals surface area (Å²) in [5.41, 5.74) is 4.37. The van der Waals surface area contributed by atoms with Crippen LogP contribution in [0.25, 0.3) is 0 Å². The van der Waals surface area contributed by atoms with Crippen LogP contribution in [0.1, 0.15) is 28.1 Å². The van der Waals surface area contributed by atoms with Gasteiger partial charge in [-0.3, -0.25) is 20.1 Å². The summed E-state index contributed by atoms with van der Waals surface area (Å²) in [7, 11) is -2.68. The number of nitroso groups, excluding NO2 is 1. The molecular weight excluding hydrogens is 430 g/mol. The molecule has 0 aliphatic carbocycles. The highest BCUT2D eigenvalue weighted by Crippen LogP contribution is 2.63. The molecule has 1 aromatic carbocycles. The summed E-state index contributed by atoms with van der Waals surface area (Å²) in [6, 6.07) is 3.38. The number of aromatic nitrogens is 1. The average Bonchev–Trinajstić information content (AvgIpc) is 2.67. The molecule has 0 saturated carbocycles. The zero-order valence-corrected chi connectivity index (χ0v) is 16.2. The van der Waals surface area contributed by atoms with E-state index in [1.165, 1.54) is 6.26 Å². The predicted molar refractivity (Wildman–Crippen MR) is 104 cm³/mol. The minimum atomic E-state index is -4.63. The normalized spacial score (nSPS) is 26.4. The maximum atomic E-state index is 14.3. The first-order valence-corrected chi connectivity index (χ1v) is 10.6. The van der Waals surface area contributed by atoms with Crippen LogP contribution in [0.4, 0.5) is 23.2 Å². The molecule has 0 spiro atoms. The summed E-state index contributed by atoms with van der Waals surface area (Å²) < 4.78 is 56.7. The van der Waals surface area contributed by atoms with Crippen molar-refractivity contribution in [3.63, 3.8) is 0 Å². The molecule has 1 aromatic heterocycles. The quantitative estimate of drug-likeness (QED) is 0.323. The minimum absolute atomic E-state index is 0.124. The van der Waals surface area contributed by atoms with E-state index in [4.69, 9.17) is 5.73 Å². The molecule has 3 unspecified atom stereocenters. The van der Waals surface area contributed by atoms with E-state index < -0.39 is 44.0 Å². The highest BCUT2D eigenvalue weighted by atomic mass is 32.3. The van der Waals surface area contributed by atoms with E-state index in [1.807, 2.05) is 0 Å². The molecule has 2 heterocycles. The van der Waals surface area contributed by atoms with Crippen LogP contribution in [0.15, 0.2) is 46.1 Å². The van der Waals surface area contributed by atoms with E-state index in [0.29, 0.717) is 0 Å². The van der Waals surface area contributed by atoms with Crippen LogP contribution in [0.5, 0.6) is 0 Å². The molecule has 2 aromatic rings. The third-order valence-corrected chi connectivity index (χ3v) is 7.50. The SMILES string of the molecule is CS1(N=O)CC(c2cc([N+](=O)[O-])ccc2F)N=C(N)C1c1cc(C(F)(F)F)ccn1. The Labute approximate surface area is 168 Å². The number of hydrogen-bond acceptors (Lipinski definition) is 7. The zero-order valence-electron chi connectivity index (χ0n) is 15.3. The van der Waals surface area contributed by atoms with E-state index in [-0.39, 0.29) is 28.5 Å². The molecule has 0 saturated heterocycles. The van der Waals surface area contributed by atoms with E-state index in [0.717, 1.165) is 36.5 Å². The van der Waals surface area contributed by atoms with Crippen LogP contribution >= 0.6 is 10.2 Å². The lowest BCUT2D eigenvalue weighted by molar-refractivity contribution is -0.385. The lowest BCUT2D eigenvalue weighted by Crippen LogP contribution is -2.34. The van der Waals surface area contributed by atoms with Gasteiger partial charge in [-0.25, -0.2) is 4.39 Å². The third-order valence-electron chi connectivity index (χ3n) is 4.67. The van der Waals surface area contributed by atoms with Gasteiger partial charge in [0.25, 0.3) is 5.69 Å². The van der Waals surface area contributed by atoms with Crippen LogP contribution in [0, 0.1) is 20.8 Å². The minimum Gasteiger partial charge on any atom is -0.386 e. The maximum Gasteiger partial charge on any atom is 0.416 e. The van der Waals surface area contributed by atoms with Crippen LogP contribution in [-0.2, 0) is 6.18 Å². The Kier molecular flexibility index (Phi) is 5.50. The molecule has 13 heteroatoms. The first kappa shape index (κ1) is 21.6. The molecule has 3 rings (SSSR count). The van der Waals surface area contributed by atoms with Crippen molar-refractivity contribution in [2.24, 2.45) is 15.3 Å². The molecule has 3 atom stereocenters. The fraction of sp³-hybridized carbons (Fsp3) is 0.294. The number of nitro benzene ring substituents is 1. The molecule has 2 N–H and O–H groups in total. The van der Waals surface area contributed by atoms with Crippen molar-refractivity contribution in [3.8, 4) is 0 Å². The number of nitrogens with zero attached hydrogens (tertiary/aromatic N) is 4. The first-order valence-electron chi connectivity index (χ1n) is 8.36. The van der Waals surface area contributed by atoms with Crippen molar-refractivity contribution in [1.82, 2.24) is 4.98 Å². The lowest BCUT2D eigenvalue weighted by Gasteiger charge is -2.41. The summed E-state index contributed by atoms with van der Waals surface area (Å²) >= 11 is 0. The van der Waals surface area contributed by atoms with Crippen molar-refractivity contribution < 1.29 is 22.5 Å². The van der Waals surface area contributed by atoms with E-state index in [2.05, 4.69) is 14.6 Å². The van der Waals surface area contributed by atoms with Crippen molar-refractivity contribution in [1.29, 1.82) is 0 Å². The van der Waals surface area contributed by atoms with Crippen LogP contribution in [0.3, 0.4) is 0 Å². The van der Waals surface area contributed by atoms with Gasteiger partial charge >= 0.3 is 6.18 Å². The Hall–Kier alpha value is -3.09. The number of pyridine rings is 1. The number of alkyl halides is 3. The van der Waals surface area contributed by atoms with Crippen molar-refractivity contribution in [3.05, 3.63) is 74.2 Å². The molecule has 0 radical (unpaired) electrons. The zero-order chi connectivity index (χ0) is 22.3. The Morgan fingerprint density at radius 1 is 1.30 bits per heavy atom. The van der Waals surface area contributed by atoms with Gasteiger partial charge in [-0.1, -0.05) is 10.2 Å². The molecule has 160 valence electrons. The predicted octanol–water partition coefficient (Wildman–Crippen LogP) is 4.42. The van der Waals surface area contributed by atoms with Gasteiger partial charge in [-0.2, -0.15) is 13.2 Å². The van der Waals surface area contributed by atoms with Crippen molar-refractivity contribution in [2.45, 2.75) is 17.5 Å². The molecule has 8 nitrogen and oxygen atoms in total. The molecule has 0 fully saturated rings. The summed E-state index contributed by atoms with van der Waals surface area (Å²) in [4.78, 5) is 30.1. The Bertz CT molecular complexity index is 1050. The Morgan fingerprint density at radius 2 is 2.00 bits per heavy atom. The number of amidine groups is 1. The van der Waals surface area contributed by atoms with E-state index >= 15 is 0 Å². The van der Waals surface area contributed by atoms with Crippen molar-refractivity contribution in [2.75, 3.05) is 12.0 Å². The largest absolute Gasteiger partial charge is 0.416 e. The number of halogens is 4. The molecule has 30 heavy (non-hydrogen) atoms. The smallest absolute Gasteiger partial charge is 0.386 e. The number of aliphatic imine (C=N–C) groups is 1. The molecule has 0 amide bonds. The second-order valence-corrected chi connectivity index (χ2v) is 9.90. The average molecular weight is 445 g/mol. The number of rotatable bonds is 4. The van der Waals surface area contributed by atoms with E-state index in [1.54, 1.807) is 0 Å². The monoisotopic (exact) mass is 445 g/mol. The highest BCUT2D eigenvalue weighted by molar-refractivity contribution is 8.32. The summed E-state index contributed by atoms with van der Waals surface area (Å²) in [5, 5.41) is 9.90. The number of nitrogens with two attached hydrogens (primary N) is 1. The van der Waals surface area contributed by atoms with Gasteiger partial charge in [-0.15, -0.1) is 4.91 Å². The molecule has 0 bridgehead atoms. The summed E-state index contributed by atoms with van der Waals surface area (Å²) in [6.45, 7) is 0. The van der Waals surface area contributed by atoms with Gasteiger partial charge in [0.05, 0.1) is 22.2 Å². The lowest BCUT2D eigenvalue weighted by atomic mass is 10.1. The second-order valence-electron chi connectivity index (χ2n) is 6.73. The van der Waals surface area contributed by atoms with Gasteiger partial charge < -0.3 is 5.73 Å². The number of benzene rings is 1. The fourth-order valence-corrected chi connectivity index (χ4v) is 5.74. The van der Waals surface area contributed by atoms with Crippen molar-refractivity contribution >= 4 is 21.7 Å². The molecule has 1 aliphatic heterocycles. The van der Waals surface area contributed by atoms with E-state index in [9.17, 15) is 32.6 Å². The topological polar surface area (TPSA) is 124 Å². The number of non-ortho nitro benzene ring substituents is 1. The molecular formula is C17H15F4N5O3S. The van der Waals surface area contributed by atoms with Gasteiger partial charge in [0.2, 0.25) is 0 Å². The van der Waals surface area contributed by atoms with Gasteiger partial charge in [0, 0.05) is 29.6 Å². The Balaban J connectivity index is 2.09. The third kappa shape index (κ3) is 3.97. The maximum absolute atomic E-state index is 14.3. The standard InChI is InChI=1S/C17H15F4N5O3S/c1-30(25-27)8-14(11-7-10(26(28)29)2-3-12(11)18)24-16(22)15(30)13-6-9(4-5-23-13)17(19,20)21/h2-7,14-15H,8H2,1H3,(H2,22,24). The number of nitro groups is 1. The Morgan fingerprint density at radius 3 is 2.60 bits per heavy atom. The molecule has 1 aliphatic rings. The van der Waals surface area contributed by atoms with Crippen LogP contribution in [-0.4, -0.2) is 27.8 Å². The summed E-state index contributed by atoms with van der Waals surface area (Å²) in [5.74, 6) is -1.18. The summed E-state index contributed by atoms with van der Waals surface area (Å²) in [6.07, 6.45) is -2.26. The second kappa shape index (κ2) is 7.63. The van der Waals surface area contributed by atoms with Gasteiger partial charge in [0.1, 0.15) is 16.9 Å². The fourth-order valence-electron chi connectivity index (χ4n) is 3.27. The van der Waals surface area contributed by atoms with Crippen LogP contribution in [0.2, 0.25) is 0 Å². The first-order chi connectivity index (χ1) is 14.0.